The van der Waals surface area contributed by atoms with Gasteiger partial charge in [0.15, 0.2) is 11.0 Å². The highest BCUT2D eigenvalue weighted by atomic mass is 35.5. The number of amides is 2. The van der Waals surface area contributed by atoms with E-state index in [4.69, 9.17) is 23.2 Å². The molecule has 0 aliphatic carbocycles. The molecule has 0 aliphatic heterocycles. The molecule has 0 spiro atoms. The zero-order chi connectivity index (χ0) is 25.7. The van der Waals surface area contributed by atoms with Crippen LogP contribution < -0.4 is 10.6 Å². The summed E-state index contributed by atoms with van der Waals surface area (Å²) in [5, 5.41) is 16.1. The van der Waals surface area contributed by atoms with Gasteiger partial charge in [0.25, 0.3) is 5.91 Å². The summed E-state index contributed by atoms with van der Waals surface area (Å²) < 4.78 is 1.92. The summed E-state index contributed by atoms with van der Waals surface area (Å²) in [5.41, 5.74) is 3.19. The zero-order valence-electron chi connectivity index (χ0n) is 20.4. The van der Waals surface area contributed by atoms with Gasteiger partial charge in [-0.05, 0) is 56.0 Å². The molecule has 186 valence electrons. The summed E-state index contributed by atoms with van der Waals surface area (Å²) in [6.45, 7) is 10.5. The summed E-state index contributed by atoms with van der Waals surface area (Å²) in [4.78, 5) is 25.6. The highest BCUT2D eigenvalue weighted by molar-refractivity contribution is 7.99. The van der Waals surface area contributed by atoms with Crippen LogP contribution in [0.3, 0.4) is 0 Å². The third-order valence-corrected chi connectivity index (χ3v) is 7.06. The van der Waals surface area contributed by atoms with Gasteiger partial charge in [0, 0.05) is 17.3 Å². The first-order chi connectivity index (χ1) is 16.6. The molecule has 35 heavy (non-hydrogen) atoms. The average Bonchev–Trinajstić information content (AvgIpc) is 3.20. The summed E-state index contributed by atoms with van der Waals surface area (Å²) in [7, 11) is 0. The highest BCUT2D eigenvalue weighted by Crippen LogP contribution is 2.27. The normalized spacial score (nSPS) is 12.0. The summed E-state index contributed by atoms with van der Waals surface area (Å²) in [5.74, 6) is 0.401. The molecule has 0 aliphatic rings. The molecule has 0 fully saturated rings. The second-order valence-electron chi connectivity index (χ2n) is 8.51. The van der Waals surface area contributed by atoms with Crippen molar-refractivity contribution in [1.82, 2.24) is 20.1 Å². The average molecular weight is 535 g/mol. The van der Waals surface area contributed by atoms with Gasteiger partial charge in [0.1, 0.15) is 0 Å². The van der Waals surface area contributed by atoms with Crippen LogP contribution >= 0.6 is 35.0 Å². The number of hydrogen-bond donors (Lipinski definition) is 2. The van der Waals surface area contributed by atoms with E-state index in [0.29, 0.717) is 28.1 Å². The predicted octanol–water partition coefficient (Wildman–Crippen LogP) is 6.08. The van der Waals surface area contributed by atoms with Crippen LogP contribution in [0, 0.1) is 19.8 Å². The summed E-state index contributed by atoms with van der Waals surface area (Å²) >= 11 is 13.5. The Morgan fingerprint density at radius 1 is 1.09 bits per heavy atom. The SMILES string of the molecule is CCn1c(SCC(=O)Nc2c(C)cccc2C)nnc1[C@H](NC(=O)c1ccc(Cl)cc1Cl)C(C)C. The molecule has 0 unspecified atom stereocenters. The highest BCUT2D eigenvalue weighted by Gasteiger charge is 2.27. The van der Waals surface area contributed by atoms with E-state index >= 15 is 0 Å². The number of aryl methyl sites for hydroxylation is 2. The lowest BCUT2D eigenvalue weighted by Gasteiger charge is -2.23. The van der Waals surface area contributed by atoms with E-state index in [2.05, 4.69) is 20.8 Å². The maximum Gasteiger partial charge on any atom is 0.253 e. The number of carbonyl (C=O) groups excluding carboxylic acids is 2. The van der Waals surface area contributed by atoms with Crippen LogP contribution in [0.1, 0.15) is 54.1 Å². The van der Waals surface area contributed by atoms with Crippen molar-refractivity contribution in [3.63, 3.8) is 0 Å². The third kappa shape index (κ3) is 6.57. The monoisotopic (exact) mass is 533 g/mol. The van der Waals surface area contributed by atoms with Gasteiger partial charge >= 0.3 is 0 Å². The zero-order valence-corrected chi connectivity index (χ0v) is 22.7. The van der Waals surface area contributed by atoms with Gasteiger partial charge in [-0.2, -0.15) is 0 Å². The molecule has 0 saturated heterocycles. The van der Waals surface area contributed by atoms with Gasteiger partial charge in [-0.15, -0.1) is 10.2 Å². The van der Waals surface area contributed by atoms with Crippen LogP contribution in [0.25, 0.3) is 0 Å². The van der Waals surface area contributed by atoms with E-state index in [1.165, 1.54) is 17.8 Å². The first-order valence-electron chi connectivity index (χ1n) is 11.3. The number of aromatic nitrogens is 3. The second-order valence-corrected chi connectivity index (χ2v) is 10.3. The van der Waals surface area contributed by atoms with Gasteiger partial charge in [-0.25, -0.2) is 0 Å². The number of nitrogens with one attached hydrogen (secondary N) is 2. The van der Waals surface area contributed by atoms with Gasteiger partial charge < -0.3 is 15.2 Å². The number of thioether (sulfide) groups is 1. The van der Waals surface area contributed by atoms with Gasteiger partial charge in [0.05, 0.1) is 22.4 Å². The molecule has 3 aromatic rings. The Morgan fingerprint density at radius 3 is 2.37 bits per heavy atom. The molecule has 2 N–H and O–H groups in total. The Hall–Kier alpha value is -2.55. The van der Waals surface area contributed by atoms with E-state index in [-0.39, 0.29) is 28.5 Å². The van der Waals surface area contributed by atoms with Gasteiger partial charge in [0.2, 0.25) is 5.91 Å². The van der Waals surface area contributed by atoms with Crippen molar-refractivity contribution in [1.29, 1.82) is 0 Å². The van der Waals surface area contributed by atoms with Crippen molar-refractivity contribution in [3.05, 3.63) is 69.0 Å². The Labute approximate surface area is 220 Å². The first kappa shape index (κ1) is 27.0. The number of nitrogens with zero attached hydrogens (tertiary/aromatic N) is 3. The fraction of sp³-hybridized carbons (Fsp3) is 0.360. The van der Waals surface area contributed by atoms with Crippen LogP contribution in [0.15, 0.2) is 41.6 Å². The Kier molecular flexibility index (Phi) is 9.21. The summed E-state index contributed by atoms with van der Waals surface area (Å²) in [6.07, 6.45) is 0. The van der Waals surface area contributed by atoms with Crippen LogP contribution in [0.4, 0.5) is 5.69 Å². The molecule has 0 bridgehead atoms. The van der Waals surface area contributed by atoms with Gasteiger partial charge in [-0.1, -0.05) is 67.0 Å². The molecule has 10 heteroatoms. The molecule has 2 amide bonds. The molecule has 1 heterocycles. The molecule has 0 radical (unpaired) electrons. The van der Waals surface area contributed by atoms with E-state index in [1.54, 1.807) is 12.1 Å². The Balaban J connectivity index is 1.75. The first-order valence-corrected chi connectivity index (χ1v) is 13.0. The number of halogens is 2. The minimum atomic E-state index is -0.403. The van der Waals surface area contributed by atoms with E-state index < -0.39 is 6.04 Å². The minimum absolute atomic E-state index is 0.0321. The molecular weight excluding hydrogens is 505 g/mol. The van der Waals surface area contributed by atoms with Crippen molar-refractivity contribution in [2.24, 2.45) is 5.92 Å². The topological polar surface area (TPSA) is 88.9 Å². The van der Waals surface area contributed by atoms with Crippen molar-refractivity contribution in [2.75, 3.05) is 11.1 Å². The number of hydrogen-bond acceptors (Lipinski definition) is 5. The second kappa shape index (κ2) is 11.9. The van der Waals surface area contributed by atoms with Crippen LogP contribution in [0.5, 0.6) is 0 Å². The smallest absolute Gasteiger partial charge is 0.253 e. The van der Waals surface area contributed by atoms with Crippen molar-refractivity contribution in [3.8, 4) is 0 Å². The number of anilines is 1. The fourth-order valence-corrected chi connectivity index (χ4v) is 4.98. The molecule has 2 aromatic carbocycles. The number of benzene rings is 2. The van der Waals surface area contributed by atoms with Crippen molar-refractivity contribution in [2.45, 2.75) is 52.4 Å². The summed E-state index contributed by atoms with van der Waals surface area (Å²) in [6, 6.07) is 10.2. The third-order valence-electron chi connectivity index (χ3n) is 5.55. The lowest BCUT2D eigenvalue weighted by atomic mass is 10.0. The predicted molar refractivity (Wildman–Crippen MR) is 142 cm³/mol. The van der Waals surface area contributed by atoms with Crippen LogP contribution in [0.2, 0.25) is 10.0 Å². The molecule has 0 saturated carbocycles. The van der Waals surface area contributed by atoms with Gasteiger partial charge in [-0.3, -0.25) is 9.59 Å². The van der Waals surface area contributed by atoms with Crippen molar-refractivity contribution >= 4 is 52.5 Å². The fourth-order valence-electron chi connectivity index (χ4n) is 3.67. The Bertz CT molecular complexity index is 1210. The lowest BCUT2D eigenvalue weighted by molar-refractivity contribution is -0.113. The van der Waals surface area contributed by atoms with Crippen LogP contribution in [-0.2, 0) is 11.3 Å². The molecule has 1 atom stereocenters. The number of para-hydroxylation sites is 1. The molecular formula is C25H29Cl2N5O2S. The standard InChI is InChI=1S/C25H29Cl2N5O2S/c1-6-32-23(21(14(2)3)29-24(34)18-11-10-17(26)12-19(18)27)30-31-25(32)35-13-20(33)28-22-15(4)8-7-9-16(22)5/h7-12,14,21H,6,13H2,1-5H3,(H,28,33)(H,29,34)/t21-/m1/s1. The molecule has 3 rings (SSSR count). The number of rotatable bonds is 9. The van der Waals surface area contributed by atoms with E-state index in [0.717, 1.165) is 16.8 Å². The molecule has 1 aromatic heterocycles. The quantitative estimate of drug-likeness (QED) is 0.325. The largest absolute Gasteiger partial charge is 0.342 e. The minimum Gasteiger partial charge on any atom is -0.342 e. The van der Waals surface area contributed by atoms with E-state index in [1.807, 2.05) is 57.4 Å². The lowest BCUT2D eigenvalue weighted by Crippen LogP contribution is -2.34. The molecule has 7 nitrogen and oxygen atoms in total. The van der Waals surface area contributed by atoms with Crippen LogP contribution in [-0.4, -0.2) is 32.3 Å². The Morgan fingerprint density at radius 2 is 1.77 bits per heavy atom. The van der Waals surface area contributed by atoms with Crippen molar-refractivity contribution < 1.29 is 9.59 Å². The number of carbonyl (C=O) groups is 2. The van der Waals surface area contributed by atoms with E-state index in [9.17, 15) is 9.59 Å². The maximum atomic E-state index is 13.0. The maximum absolute atomic E-state index is 13.0.